The Labute approximate surface area is 172 Å². The number of benzene rings is 2. The van der Waals surface area contributed by atoms with Crippen molar-refractivity contribution in [2.75, 3.05) is 0 Å². The first-order valence-electron chi connectivity index (χ1n) is 8.84. The monoisotopic (exact) mass is 418 g/mol. The van der Waals surface area contributed by atoms with E-state index in [0.717, 1.165) is 10.7 Å². The lowest BCUT2D eigenvalue weighted by Gasteiger charge is -2.15. The van der Waals surface area contributed by atoms with E-state index in [0.29, 0.717) is 28.7 Å². The molecule has 0 radical (unpaired) electrons. The molecule has 0 unspecified atom stereocenters. The SMILES string of the molecule is CCn1c(SCc2ccc(F)cc2)nnc1[C@@H](C)NC(=O)c1ccc(Cl)cc1. The van der Waals surface area contributed by atoms with Crippen molar-refractivity contribution in [2.45, 2.75) is 37.3 Å². The van der Waals surface area contributed by atoms with Gasteiger partial charge in [0.25, 0.3) is 5.91 Å². The van der Waals surface area contributed by atoms with E-state index in [4.69, 9.17) is 11.6 Å². The van der Waals surface area contributed by atoms with Crippen LogP contribution in [-0.4, -0.2) is 20.7 Å². The maximum Gasteiger partial charge on any atom is 0.251 e. The lowest BCUT2D eigenvalue weighted by atomic mass is 10.2. The minimum Gasteiger partial charge on any atom is -0.342 e. The predicted octanol–water partition coefficient (Wildman–Crippen LogP) is 4.87. The molecule has 5 nitrogen and oxygen atoms in total. The summed E-state index contributed by atoms with van der Waals surface area (Å²) in [5, 5.41) is 12.8. The molecule has 2 aromatic carbocycles. The molecule has 1 amide bonds. The highest BCUT2D eigenvalue weighted by molar-refractivity contribution is 7.98. The molecule has 0 spiro atoms. The summed E-state index contributed by atoms with van der Waals surface area (Å²) in [6.07, 6.45) is 0. The zero-order valence-corrected chi connectivity index (χ0v) is 17.1. The van der Waals surface area contributed by atoms with Gasteiger partial charge >= 0.3 is 0 Å². The van der Waals surface area contributed by atoms with Gasteiger partial charge in [-0.15, -0.1) is 10.2 Å². The minimum atomic E-state index is -0.309. The summed E-state index contributed by atoms with van der Waals surface area (Å²) < 4.78 is 15.0. The molecule has 0 aliphatic carbocycles. The molecule has 0 aliphatic rings. The molecule has 28 heavy (non-hydrogen) atoms. The summed E-state index contributed by atoms with van der Waals surface area (Å²) in [5.41, 5.74) is 1.53. The van der Waals surface area contributed by atoms with Crippen molar-refractivity contribution in [3.63, 3.8) is 0 Å². The molecule has 3 rings (SSSR count). The van der Waals surface area contributed by atoms with Gasteiger partial charge in [0.2, 0.25) is 0 Å². The lowest BCUT2D eigenvalue weighted by Crippen LogP contribution is -2.28. The van der Waals surface area contributed by atoms with Crippen LogP contribution in [0.15, 0.2) is 53.7 Å². The average Bonchev–Trinajstić information content (AvgIpc) is 3.11. The third-order valence-electron chi connectivity index (χ3n) is 4.18. The van der Waals surface area contributed by atoms with Crippen LogP contribution in [0.3, 0.4) is 0 Å². The van der Waals surface area contributed by atoms with E-state index in [1.54, 1.807) is 36.4 Å². The molecule has 1 atom stereocenters. The van der Waals surface area contributed by atoms with E-state index < -0.39 is 0 Å². The van der Waals surface area contributed by atoms with Gasteiger partial charge in [-0.25, -0.2) is 4.39 Å². The molecule has 0 saturated carbocycles. The van der Waals surface area contributed by atoms with Crippen molar-refractivity contribution in [2.24, 2.45) is 0 Å². The number of rotatable bonds is 7. The number of aromatic nitrogens is 3. The van der Waals surface area contributed by atoms with Gasteiger partial charge in [-0.05, 0) is 55.8 Å². The van der Waals surface area contributed by atoms with Gasteiger partial charge in [0.05, 0.1) is 6.04 Å². The number of thioether (sulfide) groups is 1. The Balaban J connectivity index is 1.68. The Kier molecular flexibility index (Phi) is 6.70. The Morgan fingerprint density at radius 2 is 1.86 bits per heavy atom. The van der Waals surface area contributed by atoms with Crippen LogP contribution in [-0.2, 0) is 12.3 Å². The molecule has 0 aliphatic heterocycles. The molecule has 1 heterocycles. The number of amides is 1. The van der Waals surface area contributed by atoms with Crippen molar-refractivity contribution in [3.05, 3.63) is 76.3 Å². The number of hydrogen-bond donors (Lipinski definition) is 1. The molecule has 0 fully saturated rings. The van der Waals surface area contributed by atoms with Crippen LogP contribution >= 0.6 is 23.4 Å². The van der Waals surface area contributed by atoms with E-state index in [9.17, 15) is 9.18 Å². The van der Waals surface area contributed by atoms with Gasteiger partial charge in [0.15, 0.2) is 11.0 Å². The fraction of sp³-hybridized carbons (Fsp3) is 0.250. The zero-order valence-electron chi connectivity index (χ0n) is 15.5. The molecule has 0 saturated heterocycles. The van der Waals surface area contributed by atoms with Gasteiger partial charge in [-0.1, -0.05) is 35.5 Å². The van der Waals surface area contributed by atoms with Crippen LogP contribution in [0, 0.1) is 5.82 Å². The largest absolute Gasteiger partial charge is 0.342 e. The summed E-state index contributed by atoms with van der Waals surface area (Å²) in [6.45, 7) is 4.55. The fourth-order valence-electron chi connectivity index (χ4n) is 2.70. The Morgan fingerprint density at radius 3 is 2.50 bits per heavy atom. The molecular formula is C20H20ClFN4OS. The summed E-state index contributed by atoms with van der Waals surface area (Å²) >= 11 is 7.39. The Bertz CT molecular complexity index is 944. The van der Waals surface area contributed by atoms with E-state index in [1.807, 2.05) is 18.4 Å². The summed E-state index contributed by atoms with van der Waals surface area (Å²) in [4.78, 5) is 12.4. The zero-order chi connectivity index (χ0) is 20.1. The molecule has 1 aromatic heterocycles. The number of nitrogens with one attached hydrogen (secondary N) is 1. The second-order valence-corrected chi connectivity index (χ2v) is 7.58. The highest BCUT2D eigenvalue weighted by atomic mass is 35.5. The molecule has 8 heteroatoms. The van der Waals surface area contributed by atoms with Crippen LogP contribution in [0.5, 0.6) is 0 Å². The average molecular weight is 419 g/mol. The third-order valence-corrected chi connectivity index (χ3v) is 5.47. The van der Waals surface area contributed by atoms with Gasteiger partial charge < -0.3 is 9.88 Å². The van der Waals surface area contributed by atoms with Gasteiger partial charge in [0, 0.05) is 22.9 Å². The number of carbonyl (C=O) groups excluding carboxylic acids is 1. The minimum absolute atomic E-state index is 0.199. The quantitative estimate of drug-likeness (QED) is 0.556. The predicted molar refractivity (Wildman–Crippen MR) is 109 cm³/mol. The van der Waals surface area contributed by atoms with Crippen molar-refractivity contribution in [1.82, 2.24) is 20.1 Å². The summed E-state index contributed by atoms with van der Waals surface area (Å²) in [7, 11) is 0. The molecular weight excluding hydrogens is 399 g/mol. The number of nitrogens with zero attached hydrogens (tertiary/aromatic N) is 3. The number of halogens is 2. The van der Waals surface area contributed by atoms with E-state index in [2.05, 4.69) is 15.5 Å². The topological polar surface area (TPSA) is 59.8 Å². The van der Waals surface area contributed by atoms with Crippen molar-refractivity contribution < 1.29 is 9.18 Å². The van der Waals surface area contributed by atoms with Gasteiger partial charge in [-0.2, -0.15) is 0 Å². The maximum absolute atomic E-state index is 13.0. The van der Waals surface area contributed by atoms with Crippen LogP contribution in [0.4, 0.5) is 4.39 Å². The standard InChI is InChI=1S/C20H20ClFN4OS/c1-3-26-18(13(2)23-19(27)15-6-8-16(21)9-7-15)24-25-20(26)28-12-14-4-10-17(22)11-5-14/h4-11,13H,3,12H2,1-2H3,(H,23,27)/t13-/m1/s1. The van der Waals surface area contributed by atoms with Crippen molar-refractivity contribution in [1.29, 1.82) is 0 Å². The van der Waals surface area contributed by atoms with Crippen LogP contribution in [0.1, 0.15) is 41.6 Å². The highest BCUT2D eigenvalue weighted by Gasteiger charge is 2.19. The van der Waals surface area contributed by atoms with E-state index >= 15 is 0 Å². The first kappa shape index (κ1) is 20.4. The van der Waals surface area contributed by atoms with Crippen molar-refractivity contribution >= 4 is 29.3 Å². The van der Waals surface area contributed by atoms with E-state index in [1.165, 1.54) is 23.9 Å². The normalized spacial score (nSPS) is 12.0. The second kappa shape index (κ2) is 9.21. The summed E-state index contributed by atoms with van der Waals surface area (Å²) in [6, 6.07) is 12.8. The highest BCUT2D eigenvalue weighted by Crippen LogP contribution is 2.24. The third kappa shape index (κ3) is 4.91. The van der Waals surface area contributed by atoms with Crippen molar-refractivity contribution in [3.8, 4) is 0 Å². The second-order valence-electron chi connectivity index (χ2n) is 6.20. The molecule has 1 N–H and O–H groups in total. The number of hydrogen-bond acceptors (Lipinski definition) is 4. The fourth-order valence-corrected chi connectivity index (χ4v) is 3.79. The number of carbonyl (C=O) groups is 1. The smallest absolute Gasteiger partial charge is 0.251 e. The maximum atomic E-state index is 13.0. The Hall–Kier alpha value is -2.38. The molecule has 3 aromatic rings. The lowest BCUT2D eigenvalue weighted by molar-refractivity contribution is 0.0937. The van der Waals surface area contributed by atoms with E-state index in [-0.39, 0.29) is 17.8 Å². The first-order valence-corrected chi connectivity index (χ1v) is 10.2. The van der Waals surface area contributed by atoms with Crippen LogP contribution in [0.25, 0.3) is 0 Å². The van der Waals surface area contributed by atoms with Crippen LogP contribution in [0.2, 0.25) is 5.02 Å². The van der Waals surface area contributed by atoms with Gasteiger partial charge in [-0.3, -0.25) is 4.79 Å². The van der Waals surface area contributed by atoms with Crippen LogP contribution < -0.4 is 5.32 Å². The van der Waals surface area contributed by atoms with Gasteiger partial charge in [0.1, 0.15) is 5.82 Å². The summed E-state index contributed by atoms with van der Waals surface area (Å²) in [5.74, 6) is 0.893. The Morgan fingerprint density at radius 1 is 1.18 bits per heavy atom. The molecule has 0 bridgehead atoms. The first-order chi connectivity index (χ1) is 13.5. The molecule has 146 valence electrons.